The van der Waals surface area contributed by atoms with Crippen LogP contribution in [0.1, 0.15) is 19.4 Å². The van der Waals surface area contributed by atoms with Gasteiger partial charge in [0, 0.05) is 45.8 Å². The van der Waals surface area contributed by atoms with E-state index in [1.807, 2.05) is 38.1 Å². The molecule has 0 aromatic heterocycles. The Hall–Kier alpha value is -2.29. The summed E-state index contributed by atoms with van der Waals surface area (Å²) in [7, 11) is -3.47. The van der Waals surface area contributed by atoms with Crippen LogP contribution in [0.15, 0.2) is 53.4 Å². The van der Waals surface area contributed by atoms with Crippen LogP contribution >= 0.6 is 11.6 Å². The highest BCUT2D eigenvalue weighted by Crippen LogP contribution is 2.26. The molecule has 1 aliphatic heterocycles. The minimum absolute atomic E-state index is 0.126. The van der Waals surface area contributed by atoms with Gasteiger partial charge >= 0.3 is 6.03 Å². The van der Waals surface area contributed by atoms with E-state index in [1.54, 1.807) is 29.2 Å². The normalized spacial score (nSPS) is 14.7. The third-order valence-corrected chi connectivity index (χ3v) is 7.85. The van der Waals surface area contributed by atoms with Crippen LogP contribution in [0, 0.1) is 0 Å². The molecule has 0 unspecified atom stereocenters. The zero-order chi connectivity index (χ0) is 22.4. The molecule has 1 aliphatic rings. The first-order valence-electron chi connectivity index (χ1n) is 10.5. The summed E-state index contributed by atoms with van der Waals surface area (Å²) in [6.45, 7) is 7.49. The van der Waals surface area contributed by atoms with E-state index in [0.717, 1.165) is 24.3 Å². The third-order valence-electron chi connectivity index (χ3n) is 5.47. The molecule has 0 radical (unpaired) electrons. The lowest BCUT2D eigenvalue weighted by molar-refractivity contribution is 0.194. The number of carbonyl (C=O) groups is 1. The molecule has 1 saturated heterocycles. The van der Waals surface area contributed by atoms with Crippen molar-refractivity contribution in [2.24, 2.45) is 0 Å². The van der Waals surface area contributed by atoms with Gasteiger partial charge < -0.3 is 15.1 Å². The van der Waals surface area contributed by atoms with E-state index in [0.29, 0.717) is 37.7 Å². The second-order valence-corrected chi connectivity index (χ2v) is 9.66. The molecule has 0 saturated carbocycles. The van der Waals surface area contributed by atoms with Crippen LogP contribution in [0.5, 0.6) is 0 Å². The molecule has 1 N–H and O–H groups in total. The lowest BCUT2D eigenvalue weighted by Crippen LogP contribution is -2.51. The monoisotopic (exact) mass is 464 g/mol. The molecule has 0 bridgehead atoms. The van der Waals surface area contributed by atoms with E-state index in [-0.39, 0.29) is 10.9 Å². The fourth-order valence-electron chi connectivity index (χ4n) is 3.64. The first kappa shape index (κ1) is 23.4. The summed E-state index contributed by atoms with van der Waals surface area (Å²) in [6.07, 6.45) is 0. The zero-order valence-electron chi connectivity index (χ0n) is 17.9. The number of hydrogen-bond acceptors (Lipinski definition) is 4. The second kappa shape index (κ2) is 10.3. The van der Waals surface area contributed by atoms with Crippen molar-refractivity contribution in [2.75, 3.05) is 44.2 Å². The second-order valence-electron chi connectivity index (χ2n) is 7.32. The molecule has 0 aliphatic carbocycles. The number of piperazine rings is 1. The molecule has 1 heterocycles. The molecule has 0 spiro atoms. The summed E-state index contributed by atoms with van der Waals surface area (Å²) in [5.41, 5.74) is 1.84. The molecule has 31 heavy (non-hydrogen) atoms. The predicted octanol–water partition coefficient (Wildman–Crippen LogP) is 3.40. The fraction of sp³-hybridized carbons (Fsp3) is 0.409. The van der Waals surface area contributed by atoms with Gasteiger partial charge in [-0.05, 0) is 29.8 Å². The van der Waals surface area contributed by atoms with Crippen molar-refractivity contribution >= 4 is 33.3 Å². The van der Waals surface area contributed by atoms with Crippen molar-refractivity contribution in [1.82, 2.24) is 14.5 Å². The standard InChI is InChI=1S/C22H29ClN4O3S/c1-3-27(4-2)31(29,30)19-11-9-18(10-12-19)17-24-22(28)26-15-13-25(14-16-26)21-8-6-5-7-20(21)23/h5-12H,3-4,13-17H2,1-2H3,(H,24,28). The average molecular weight is 465 g/mol. The van der Waals surface area contributed by atoms with Gasteiger partial charge in [-0.1, -0.05) is 49.7 Å². The summed E-state index contributed by atoms with van der Waals surface area (Å²) in [5.74, 6) is 0. The smallest absolute Gasteiger partial charge is 0.317 e. The Labute approximate surface area is 189 Å². The van der Waals surface area contributed by atoms with Crippen molar-refractivity contribution < 1.29 is 13.2 Å². The number of hydrogen-bond donors (Lipinski definition) is 1. The Morgan fingerprint density at radius 3 is 2.19 bits per heavy atom. The maximum absolute atomic E-state index is 12.6. The van der Waals surface area contributed by atoms with Gasteiger partial charge in [-0.25, -0.2) is 13.2 Å². The van der Waals surface area contributed by atoms with Gasteiger partial charge in [0.25, 0.3) is 0 Å². The summed E-state index contributed by atoms with van der Waals surface area (Å²) < 4.78 is 26.6. The number of nitrogens with zero attached hydrogens (tertiary/aromatic N) is 3. The number of benzene rings is 2. The summed E-state index contributed by atoms with van der Waals surface area (Å²) in [4.78, 5) is 16.8. The van der Waals surface area contributed by atoms with Crippen molar-refractivity contribution in [1.29, 1.82) is 0 Å². The van der Waals surface area contributed by atoms with Crippen LogP contribution in [-0.2, 0) is 16.6 Å². The predicted molar refractivity (Wildman–Crippen MR) is 124 cm³/mol. The average Bonchev–Trinajstić information content (AvgIpc) is 2.79. The largest absolute Gasteiger partial charge is 0.367 e. The number of nitrogens with one attached hydrogen (secondary N) is 1. The van der Waals surface area contributed by atoms with E-state index in [9.17, 15) is 13.2 Å². The van der Waals surface area contributed by atoms with Gasteiger partial charge in [-0.3, -0.25) is 0 Å². The van der Waals surface area contributed by atoms with Crippen LogP contribution in [0.25, 0.3) is 0 Å². The van der Waals surface area contributed by atoms with Crippen LogP contribution in [0.2, 0.25) is 5.02 Å². The Morgan fingerprint density at radius 2 is 1.61 bits per heavy atom. The van der Waals surface area contributed by atoms with Crippen LogP contribution in [0.4, 0.5) is 10.5 Å². The fourth-order valence-corrected chi connectivity index (χ4v) is 5.35. The Morgan fingerprint density at radius 1 is 1.00 bits per heavy atom. The molecule has 9 heteroatoms. The topological polar surface area (TPSA) is 73.0 Å². The van der Waals surface area contributed by atoms with E-state index in [1.165, 1.54) is 4.31 Å². The van der Waals surface area contributed by atoms with Crippen LogP contribution in [-0.4, -0.2) is 62.9 Å². The van der Waals surface area contributed by atoms with Gasteiger partial charge in [0.05, 0.1) is 15.6 Å². The van der Waals surface area contributed by atoms with Crippen molar-refractivity contribution in [2.45, 2.75) is 25.3 Å². The quantitative estimate of drug-likeness (QED) is 0.681. The first-order chi connectivity index (χ1) is 14.9. The lowest BCUT2D eigenvalue weighted by Gasteiger charge is -2.36. The lowest BCUT2D eigenvalue weighted by atomic mass is 10.2. The van der Waals surface area contributed by atoms with Gasteiger partial charge in [0.2, 0.25) is 10.0 Å². The van der Waals surface area contributed by atoms with Crippen LogP contribution < -0.4 is 10.2 Å². The maximum Gasteiger partial charge on any atom is 0.317 e. The first-order valence-corrected chi connectivity index (χ1v) is 12.3. The van der Waals surface area contributed by atoms with Gasteiger partial charge in [0.15, 0.2) is 0 Å². The molecule has 3 rings (SSSR count). The minimum Gasteiger partial charge on any atom is -0.367 e. The molecule has 2 amide bonds. The summed E-state index contributed by atoms with van der Waals surface area (Å²) in [5, 5.41) is 3.64. The summed E-state index contributed by atoms with van der Waals surface area (Å²) >= 11 is 6.27. The summed E-state index contributed by atoms with van der Waals surface area (Å²) in [6, 6.07) is 14.3. The molecule has 2 aromatic rings. The molecule has 0 atom stereocenters. The molecule has 168 valence electrons. The molecular weight excluding hydrogens is 436 g/mol. The van der Waals surface area contributed by atoms with Crippen molar-refractivity contribution in [3.63, 3.8) is 0 Å². The van der Waals surface area contributed by atoms with Crippen molar-refractivity contribution in [3.05, 3.63) is 59.1 Å². The molecule has 1 fully saturated rings. The number of para-hydroxylation sites is 1. The highest BCUT2D eigenvalue weighted by molar-refractivity contribution is 7.89. The van der Waals surface area contributed by atoms with E-state index in [2.05, 4.69) is 10.2 Å². The number of sulfonamides is 1. The number of amides is 2. The number of urea groups is 1. The van der Waals surface area contributed by atoms with Gasteiger partial charge in [0.1, 0.15) is 0 Å². The minimum atomic E-state index is -3.47. The SMILES string of the molecule is CCN(CC)S(=O)(=O)c1ccc(CNC(=O)N2CCN(c3ccccc3Cl)CC2)cc1. The van der Waals surface area contributed by atoms with Crippen molar-refractivity contribution in [3.8, 4) is 0 Å². The third kappa shape index (κ3) is 5.50. The number of halogens is 1. The van der Waals surface area contributed by atoms with Gasteiger partial charge in [-0.15, -0.1) is 0 Å². The molecule has 7 nitrogen and oxygen atoms in total. The Bertz CT molecular complexity index is 986. The van der Waals surface area contributed by atoms with E-state index < -0.39 is 10.0 Å². The highest BCUT2D eigenvalue weighted by atomic mass is 35.5. The maximum atomic E-state index is 12.6. The molecular formula is C22H29ClN4O3S. The van der Waals surface area contributed by atoms with Crippen LogP contribution in [0.3, 0.4) is 0 Å². The molecule has 2 aromatic carbocycles. The zero-order valence-corrected chi connectivity index (χ0v) is 19.5. The van der Waals surface area contributed by atoms with E-state index in [4.69, 9.17) is 11.6 Å². The highest BCUT2D eigenvalue weighted by Gasteiger charge is 2.23. The Kier molecular flexibility index (Phi) is 7.80. The Balaban J connectivity index is 1.52. The number of rotatable bonds is 7. The van der Waals surface area contributed by atoms with E-state index >= 15 is 0 Å². The number of carbonyl (C=O) groups excluding carboxylic acids is 1. The number of anilines is 1. The van der Waals surface area contributed by atoms with Gasteiger partial charge in [-0.2, -0.15) is 4.31 Å².